The highest BCUT2D eigenvalue weighted by Gasteiger charge is 2.21. The molecule has 1 aliphatic carbocycles. The molecule has 0 aromatic heterocycles. The topological polar surface area (TPSA) is 66.4 Å². The fraction of sp³-hybridized carbons (Fsp3) is 0.500. The first-order valence-corrected chi connectivity index (χ1v) is 7.41. The number of carbonyl (C=O) groups is 2. The van der Waals surface area contributed by atoms with Crippen LogP contribution in [0, 0.1) is 11.6 Å². The van der Waals surface area contributed by atoms with Gasteiger partial charge in [-0.25, -0.2) is 8.78 Å². The largest absolute Gasteiger partial charge is 0.393 e. The van der Waals surface area contributed by atoms with Crippen LogP contribution in [0.25, 0.3) is 0 Å². The SMILES string of the molecule is O=C(CCC(=O)c1ccc(F)c(F)c1)NC1CCC(O)CC1. The second kappa shape index (κ2) is 7.45. The van der Waals surface area contributed by atoms with Gasteiger partial charge in [-0.1, -0.05) is 0 Å². The van der Waals surface area contributed by atoms with Crippen LogP contribution in [-0.2, 0) is 4.79 Å². The summed E-state index contributed by atoms with van der Waals surface area (Å²) in [6.45, 7) is 0. The summed E-state index contributed by atoms with van der Waals surface area (Å²) in [6, 6.07) is 2.99. The predicted octanol–water partition coefficient (Wildman–Crippen LogP) is 2.35. The van der Waals surface area contributed by atoms with Gasteiger partial charge in [-0.05, 0) is 43.9 Å². The second-order valence-electron chi connectivity index (χ2n) is 5.63. The zero-order valence-corrected chi connectivity index (χ0v) is 12.1. The Balaban J connectivity index is 1.78. The lowest BCUT2D eigenvalue weighted by Crippen LogP contribution is -2.38. The number of carbonyl (C=O) groups excluding carboxylic acids is 2. The fourth-order valence-electron chi connectivity index (χ4n) is 2.56. The van der Waals surface area contributed by atoms with Crippen LogP contribution in [-0.4, -0.2) is 28.9 Å². The molecular formula is C16H19F2NO3. The minimum absolute atomic E-state index is 0.0108. The molecule has 0 saturated heterocycles. The van der Waals surface area contributed by atoms with E-state index in [0.29, 0.717) is 12.8 Å². The van der Waals surface area contributed by atoms with Crippen LogP contribution in [0.5, 0.6) is 0 Å². The number of amides is 1. The Kier molecular flexibility index (Phi) is 5.60. The van der Waals surface area contributed by atoms with E-state index in [2.05, 4.69) is 5.32 Å². The van der Waals surface area contributed by atoms with Gasteiger partial charge >= 0.3 is 0 Å². The number of hydrogen-bond acceptors (Lipinski definition) is 3. The van der Waals surface area contributed by atoms with Crippen LogP contribution in [0.3, 0.4) is 0 Å². The first kappa shape index (κ1) is 16.5. The molecule has 2 rings (SSSR count). The normalized spacial score (nSPS) is 21.4. The quantitative estimate of drug-likeness (QED) is 0.820. The van der Waals surface area contributed by atoms with Gasteiger partial charge in [0.25, 0.3) is 0 Å². The maximum atomic E-state index is 13.1. The van der Waals surface area contributed by atoms with E-state index in [4.69, 9.17) is 0 Å². The molecule has 1 amide bonds. The van der Waals surface area contributed by atoms with Crippen LogP contribution in [0.15, 0.2) is 18.2 Å². The first-order chi connectivity index (χ1) is 10.5. The summed E-state index contributed by atoms with van der Waals surface area (Å²) < 4.78 is 25.8. The molecule has 1 aromatic rings. The molecule has 1 saturated carbocycles. The molecule has 4 nitrogen and oxygen atoms in total. The molecule has 0 unspecified atom stereocenters. The Labute approximate surface area is 127 Å². The average molecular weight is 311 g/mol. The van der Waals surface area contributed by atoms with Crippen molar-refractivity contribution in [2.24, 2.45) is 0 Å². The molecule has 1 aromatic carbocycles. The van der Waals surface area contributed by atoms with Crippen molar-refractivity contribution in [3.05, 3.63) is 35.4 Å². The molecule has 2 N–H and O–H groups in total. The van der Waals surface area contributed by atoms with Gasteiger partial charge in [0.15, 0.2) is 17.4 Å². The Morgan fingerprint density at radius 1 is 1.09 bits per heavy atom. The van der Waals surface area contributed by atoms with Gasteiger partial charge in [0.05, 0.1) is 6.10 Å². The summed E-state index contributed by atoms with van der Waals surface area (Å²) in [5, 5.41) is 12.2. The van der Waals surface area contributed by atoms with Gasteiger partial charge < -0.3 is 10.4 Å². The molecule has 22 heavy (non-hydrogen) atoms. The molecule has 6 heteroatoms. The van der Waals surface area contributed by atoms with Crippen molar-refractivity contribution in [1.29, 1.82) is 0 Å². The summed E-state index contributed by atoms with van der Waals surface area (Å²) in [5.41, 5.74) is 0.0625. The molecule has 1 aliphatic rings. The number of Topliss-reactive ketones (excluding diaryl/α,β-unsaturated/α-hetero) is 1. The van der Waals surface area contributed by atoms with Crippen molar-refractivity contribution >= 4 is 11.7 Å². The Morgan fingerprint density at radius 2 is 1.77 bits per heavy atom. The smallest absolute Gasteiger partial charge is 0.220 e. The third-order valence-electron chi connectivity index (χ3n) is 3.88. The van der Waals surface area contributed by atoms with E-state index >= 15 is 0 Å². The van der Waals surface area contributed by atoms with Crippen molar-refractivity contribution in [3.8, 4) is 0 Å². The second-order valence-corrected chi connectivity index (χ2v) is 5.63. The van der Waals surface area contributed by atoms with Crippen LogP contribution in [0.1, 0.15) is 48.9 Å². The van der Waals surface area contributed by atoms with E-state index in [1.54, 1.807) is 0 Å². The van der Waals surface area contributed by atoms with Crippen molar-refractivity contribution < 1.29 is 23.5 Å². The zero-order valence-electron chi connectivity index (χ0n) is 12.1. The predicted molar refractivity (Wildman–Crippen MR) is 76.3 cm³/mol. The first-order valence-electron chi connectivity index (χ1n) is 7.41. The van der Waals surface area contributed by atoms with E-state index in [1.165, 1.54) is 6.07 Å². The van der Waals surface area contributed by atoms with Crippen LogP contribution >= 0.6 is 0 Å². The van der Waals surface area contributed by atoms with E-state index in [-0.39, 0.29) is 36.5 Å². The molecule has 0 radical (unpaired) electrons. The summed E-state index contributed by atoms with van der Waals surface area (Å²) in [7, 11) is 0. The third kappa shape index (κ3) is 4.59. The number of hydrogen-bond donors (Lipinski definition) is 2. The van der Waals surface area contributed by atoms with Crippen molar-refractivity contribution in [2.45, 2.75) is 50.7 Å². The summed E-state index contributed by atoms with van der Waals surface area (Å²) >= 11 is 0. The molecule has 0 atom stereocenters. The number of halogens is 2. The Morgan fingerprint density at radius 3 is 2.41 bits per heavy atom. The van der Waals surface area contributed by atoms with Crippen LogP contribution in [0.4, 0.5) is 8.78 Å². The zero-order chi connectivity index (χ0) is 16.1. The minimum atomic E-state index is -1.07. The van der Waals surface area contributed by atoms with Crippen molar-refractivity contribution in [3.63, 3.8) is 0 Å². The number of aliphatic hydroxyl groups is 1. The lowest BCUT2D eigenvalue weighted by atomic mass is 9.93. The standard InChI is InChI=1S/C16H19F2NO3/c17-13-6-1-10(9-14(13)18)15(21)7-8-16(22)19-11-2-4-12(20)5-3-11/h1,6,9,11-12,20H,2-5,7-8H2,(H,19,22). The van der Waals surface area contributed by atoms with E-state index < -0.39 is 17.4 Å². The number of rotatable bonds is 5. The monoisotopic (exact) mass is 311 g/mol. The third-order valence-corrected chi connectivity index (χ3v) is 3.88. The lowest BCUT2D eigenvalue weighted by Gasteiger charge is -2.26. The van der Waals surface area contributed by atoms with E-state index in [9.17, 15) is 23.5 Å². The molecule has 120 valence electrons. The highest BCUT2D eigenvalue weighted by Crippen LogP contribution is 2.18. The van der Waals surface area contributed by atoms with Crippen molar-refractivity contribution in [2.75, 3.05) is 0 Å². The number of aliphatic hydroxyl groups excluding tert-OH is 1. The number of ketones is 1. The van der Waals surface area contributed by atoms with Gasteiger partial charge in [-0.15, -0.1) is 0 Å². The highest BCUT2D eigenvalue weighted by atomic mass is 19.2. The van der Waals surface area contributed by atoms with Gasteiger partial charge in [0, 0.05) is 24.4 Å². The molecule has 0 aliphatic heterocycles. The summed E-state index contributed by atoms with van der Waals surface area (Å²) in [6.07, 6.45) is 2.46. The molecule has 0 heterocycles. The molecular weight excluding hydrogens is 292 g/mol. The fourth-order valence-corrected chi connectivity index (χ4v) is 2.56. The van der Waals surface area contributed by atoms with E-state index in [0.717, 1.165) is 25.0 Å². The van der Waals surface area contributed by atoms with Gasteiger partial charge in [-0.2, -0.15) is 0 Å². The Bertz CT molecular complexity index is 554. The average Bonchev–Trinajstić information content (AvgIpc) is 2.50. The van der Waals surface area contributed by atoms with E-state index in [1.807, 2.05) is 0 Å². The minimum Gasteiger partial charge on any atom is -0.393 e. The Hall–Kier alpha value is -1.82. The lowest BCUT2D eigenvalue weighted by molar-refractivity contribution is -0.122. The number of benzene rings is 1. The maximum absolute atomic E-state index is 13.1. The number of nitrogens with one attached hydrogen (secondary N) is 1. The summed E-state index contributed by atoms with van der Waals surface area (Å²) in [4.78, 5) is 23.6. The van der Waals surface area contributed by atoms with Crippen LogP contribution < -0.4 is 5.32 Å². The summed E-state index contributed by atoms with van der Waals surface area (Å²) in [5.74, 6) is -2.71. The van der Waals surface area contributed by atoms with Gasteiger partial charge in [0.2, 0.25) is 5.91 Å². The van der Waals surface area contributed by atoms with Crippen LogP contribution in [0.2, 0.25) is 0 Å². The molecule has 1 fully saturated rings. The maximum Gasteiger partial charge on any atom is 0.220 e. The highest BCUT2D eigenvalue weighted by molar-refractivity contribution is 5.97. The van der Waals surface area contributed by atoms with Gasteiger partial charge in [-0.3, -0.25) is 9.59 Å². The van der Waals surface area contributed by atoms with Crippen molar-refractivity contribution in [1.82, 2.24) is 5.32 Å². The molecule has 0 bridgehead atoms. The molecule has 0 spiro atoms. The van der Waals surface area contributed by atoms with Gasteiger partial charge in [0.1, 0.15) is 0 Å².